The van der Waals surface area contributed by atoms with Crippen LogP contribution in [-0.4, -0.2) is 31.0 Å². The summed E-state index contributed by atoms with van der Waals surface area (Å²) in [6.45, 7) is 3.98. The maximum absolute atomic E-state index is 12.7. The van der Waals surface area contributed by atoms with Gasteiger partial charge in [-0.25, -0.2) is 9.67 Å². The maximum atomic E-state index is 12.7. The second-order valence-electron chi connectivity index (χ2n) is 7.50. The largest absolute Gasteiger partial charge is 0.327 e. The number of nitrogens with zero attached hydrogens (tertiary/aromatic N) is 5. The third-order valence-corrected chi connectivity index (χ3v) is 6.49. The summed E-state index contributed by atoms with van der Waals surface area (Å²) >= 11 is 1.28. The van der Waals surface area contributed by atoms with E-state index in [-0.39, 0.29) is 11.7 Å². The summed E-state index contributed by atoms with van der Waals surface area (Å²) in [5, 5.41) is 17.6. The molecule has 0 bridgehead atoms. The molecule has 1 N–H and O–H groups in total. The van der Waals surface area contributed by atoms with E-state index in [2.05, 4.69) is 26.0 Å². The van der Waals surface area contributed by atoms with Gasteiger partial charge in [0.15, 0.2) is 0 Å². The zero-order chi connectivity index (χ0) is 21.1. The summed E-state index contributed by atoms with van der Waals surface area (Å²) in [5.74, 6) is 0.648. The first-order chi connectivity index (χ1) is 14.6. The fourth-order valence-electron chi connectivity index (χ4n) is 4.02. The molecule has 0 aliphatic heterocycles. The number of aromatic nitrogens is 4. The fourth-order valence-corrected chi connectivity index (χ4v) is 4.62. The Morgan fingerprint density at radius 3 is 2.70 bits per heavy atom. The molecule has 2 aromatic heterocycles. The second-order valence-corrected chi connectivity index (χ2v) is 8.44. The lowest BCUT2D eigenvalue weighted by molar-refractivity contribution is -0.113. The molecule has 0 radical (unpaired) electrons. The Hall–Kier alpha value is -3.05. The van der Waals surface area contributed by atoms with E-state index >= 15 is 0 Å². The third-order valence-electron chi connectivity index (χ3n) is 5.64. The molecule has 3 aromatic rings. The SMILES string of the molecule is Cc1c(C#N)c(NC(=O)CSc2ncn(-c3ccccc3)n2)n(C2CCCC2)c1C. The van der Waals surface area contributed by atoms with Crippen LogP contribution in [0.3, 0.4) is 0 Å². The number of nitrogens with one attached hydrogen (secondary N) is 1. The van der Waals surface area contributed by atoms with E-state index in [4.69, 9.17) is 0 Å². The van der Waals surface area contributed by atoms with Gasteiger partial charge in [0.1, 0.15) is 18.2 Å². The molecule has 1 aromatic carbocycles. The summed E-state index contributed by atoms with van der Waals surface area (Å²) in [4.78, 5) is 17.0. The first-order valence-corrected chi connectivity index (χ1v) is 11.1. The number of nitriles is 1. The van der Waals surface area contributed by atoms with E-state index in [1.807, 2.05) is 44.2 Å². The van der Waals surface area contributed by atoms with Crippen molar-refractivity contribution in [1.82, 2.24) is 19.3 Å². The van der Waals surface area contributed by atoms with Crippen molar-refractivity contribution in [3.8, 4) is 11.8 Å². The van der Waals surface area contributed by atoms with Crippen LogP contribution < -0.4 is 5.32 Å². The number of anilines is 1. The molecular weight excluding hydrogens is 396 g/mol. The van der Waals surface area contributed by atoms with Crippen LogP contribution >= 0.6 is 11.8 Å². The van der Waals surface area contributed by atoms with E-state index in [1.54, 1.807) is 11.0 Å². The maximum Gasteiger partial charge on any atom is 0.235 e. The van der Waals surface area contributed by atoms with E-state index in [1.165, 1.54) is 24.6 Å². The molecule has 0 unspecified atom stereocenters. The molecule has 0 saturated heterocycles. The number of hydrogen-bond acceptors (Lipinski definition) is 5. The molecule has 7 nitrogen and oxygen atoms in total. The van der Waals surface area contributed by atoms with Crippen molar-refractivity contribution in [2.24, 2.45) is 0 Å². The summed E-state index contributed by atoms with van der Waals surface area (Å²) < 4.78 is 3.85. The van der Waals surface area contributed by atoms with E-state index < -0.39 is 0 Å². The van der Waals surface area contributed by atoms with Gasteiger partial charge in [0.25, 0.3) is 0 Å². The number of carbonyl (C=O) groups excluding carboxylic acids is 1. The molecular formula is C22H24N6OS. The molecule has 1 aliphatic carbocycles. The Balaban J connectivity index is 1.46. The van der Waals surface area contributed by atoms with Gasteiger partial charge in [0.2, 0.25) is 11.1 Å². The minimum absolute atomic E-state index is 0.163. The van der Waals surface area contributed by atoms with Gasteiger partial charge in [-0.15, -0.1) is 5.10 Å². The molecule has 0 spiro atoms. The fraction of sp³-hybridized carbons (Fsp3) is 0.364. The highest BCUT2D eigenvalue weighted by atomic mass is 32.2. The lowest BCUT2D eigenvalue weighted by Crippen LogP contribution is -2.19. The minimum Gasteiger partial charge on any atom is -0.327 e. The average Bonchev–Trinajstić information content (AvgIpc) is 3.49. The third kappa shape index (κ3) is 3.98. The van der Waals surface area contributed by atoms with E-state index in [0.717, 1.165) is 29.8 Å². The molecule has 1 amide bonds. The molecule has 154 valence electrons. The van der Waals surface area contributed by atoms with Crippen LogP contribution in [0.15, 0.2) is 41.8 Å². The van der Waals surface area contributed by atoms with Crippen molar-refractivity contribution >= 4 is 23.5 Å². The first kappa shape index (κ1) is 20.2. The van der Waals surface area contributed by atoms with Gasteiger partial charge in [-0.1, -0.05) is 42.8 Å². The molecule has 1 aliphatic rings. The van der Waals surface area contributed by atoms with Gasteiger partial charge in [-0.2, -0.15) is 5.26 Å². The summed E-state index contributed by atoms with van der Waals surface area (Å²) in [6, 6.07) is 12.3. The zero-order valence-electron chi connectivity index (χ0n) is 17.1. The van der Waals surface area contributed by atoms with Crippen molar-refractivity contribution in [2.45, 2.75) is 50.7 Å². The normalized spacial score (nSPS) is 14.0. The van der Waals surface area contributed by atoms with Crippen LogP contribution in [0.4, 0.5) is 5.82 Å². The number of thioether (sulfide) groups is 1. The molecule has 8 heteroatoms. The Labute approximate surface area is 180 Å². The predicted molar refractivity (Wildman–Crippen MR) is 117 cm³/mol. The van der Waals surface area contributed by atoms with Crippen molar-refractivity contribution in [2.75, 3.05) is 11.1 Å². The van der Waals surface area contributed by atoms with E-state index in [9.17, 15) is 10.1 Å². The smallest absolute Gasteiger partial charge is 0.235 e. The number of para-hydroxylation sites is 1. The highest BCUT2D eigenvalue weighted by Crippen LogP contribution is 2.37. The van der Waals surface area contributed by atoms with Crippen LogP contribution in [0.5, 0.6) is 0 Å². The first-order valence-electron chi connectivity index (χ1n) is 10.1. The van der Waals surface area contributed by atoms with Crippen molar-refractivity contribution in [1.29, 1.82) is 5.26 Å². The molecule has 0 atom stereocenters. The van der Waals surface area contributed by atoms with Crippen LogP contribution in [0.1, 0.15) is 48.5 Å². The number of amides is 1. The number of hydrogen-bond donors (Lipinski definition) is 1. The number of carbonyl (C=O) groups is 1. The lowest BCUT2D eigenvalue weighted by Gasteiger charge is -2.19. The lowest BCUT2D eigenvalue weighted by atomic mass is 10.2. The quantitative estimate of drug-likeness (QED) is 0.597. The Bertz CT molecular complexity index is 1090. The van der Waals surface area contributed by atoms with Crippen LogP contribution in [0.25, 0.3) is 5.69 Å². The summed E-state index contributed by atoms with van der Waals surface area (Å²) in [7, 11) is 0. The molecule has 1 saturated carbocycles. The summed E-state index contributed by atoms with van der Waals surface area (Å²) in [5.41, 5.74) is 3.48. The Morgan fingerprint density at radius 2 is 2.00 bits per heavy atom. The van der Waals surface area contributed by atoms with E-state index in [0.29, 0.717) is 22.6 Å². The predicted octanol–water partition coefficient (Wildman–Crippen LogP) is 4.40. The zero-order valence-corrected chi connectivity index (χ0v) is 17.9. The van der Waals surface area contributed by atoms with Gasteiger partial charge >= 0.3 is 0 Å². The highest BCUT2D eigenvalue weighted by Gasteiger charge is 2.26. The van der Waals surface area contributed by atoms with Crippen molar-refractivity contribution in [3.05, 3.63) is 53.5 Å². The number of benzene rings is 1. The van der Waals surface area contributed by atoms with Crippen molar-refractivity contribution < 1.29 is 4.79 Å². The van der Waals surface area contributed by atoms with Crippen LogP contribution in [0.2, 0.25) is 0 Å². The monoisotopic (exact) mass is 420 g/mol. The topological polar surface area (TPSA) is 88.5 Å². The molecule has 4 rings (SSSR count). The van der Waals surface area contributed by atoms with Crippen LogP contribution in [-0.2, 0) is 4.79 Å². The number of rotatable bonds is 6. The highest BCUT2D eigenvalue weighted by molar-refractivity contribution is 7.99. The average molecular weight is 421 g/mol. The second kappa shape index (κ2) is 8.76. The standard InChI is InChI=1S/C22H24N6OS/c1-15-16(2)28(18-10-6-7-11-18)21(19(15)12-23)25-20(29)13-30-22-24-14-27(26-22)17-8-4-3-5-9-17/h3-5,8-9,14,18H,6-7,10-11,13H2,1-2H3,(H,25,29). The Kier molecular flexibility index (Phi) is 5.91. The van der Waals surface area contributed by atoms with Gasteiger partial charge < -0.3 is 9.88 Å². The molecule has 30 heavy (non-hydrogen) atoms. The van der Waals surface area contributed by atoms with Gasteiger partial charge in [0, 0.05) is 11.7 Å². The molecule has 2 heterocycles. The van der Waals surface area contributed by atoms with Gasteiger partial charge in [-0.3, -0.25) is 4.79 Å². The Morgan fingerprint density at radius 1 is 1.27 bits per heavy atom. The van der Waals surface area contributed by atoms with Crippen LogP contribution in [0, 0.1) is 25.2 Å². The molecule has 1 fully saturated rings. The van der Waals surface area contributed by atoms with Gasteiger partial charge in [0.05, 0.1) is 17.0 Å². The summed E-state index contributed by atoms with van der Waals surface area (Å²) in [6.07, 6.45) is 6.17. The van der Waals surface area contributed by atoms with Gasteiger partial charge in [-0.05, 0) is 44.4 Å². The van der Waals surface area contributed by atoms with Crippen molar-refractivity contribution in [3.63, 3.8) is 0 Å². The minimum atomic E-state index is -0.163.